The van der Waals surface area contributed by atoms with Crippen LogP contribution in [-0.4, -0.2) is 104 Å². The second-order valence-corrected chi connectivity index (χ2v) is 9.77. The van der Waals surface area contributed by atoms with E-state index in [0.29, 0.717) is 39.2 Å². The summed E-state index contributed by atoms with van der Waals surface area (Å²) >= 11 is 0. The molecule has 26 heavy (non-hydrogen) atoms. The lowest BCUT2D eigenvalue weighted by molar-refractivity contribution is -0.144. The SMILES string of the molecule is CC(C(=O)N(C)C1CCS(=O)(=O)C1)N1CCN(C(=O)C2CCCO2)CC1. The van der Waals surface area contributed by atoms with Gasteiger partial charge in [0, 0.05) is 45.9 Å². The first-order valence-corrected chi connectivity index (χ1v) is 11.2. The van der Waals surface area contributed by atoms with Gasteiger partial charge < -0.3 is 14.5 Å². The number of sulfone groups is 1. The van der Waals surface area contributed by atoms with E-state index in [2.05, 4.69) is 4.90 Å². The lowest BCUT2D eigenvalue weighted by Gasteiger charge is -2.39. The summed E-state index contributed by atoms with van der Waals surface area (Å²) in [4.78, 5) is 30.7. The van der Waals surface area contributed by atoms with Crippen molar-refractivity contribution in [3.05, 3.63) is 0 Å². The Kier molecular flexibility index (Phi) is 5.88. The number of likely N-dealkylation sites (N-methyl/N-ethyl adjacent to an activating group) is 1. The Bertz CT molecular complexity index is 639. The van der Waals surface area contributed by atoms with Gasteiger partial charge in [-0.3, -0.25) is 14.5 Å². The van der Waals surface area contributed by atoms with E-state index in [-0.39, 0.29) is 41.5 Å². The molecular formula is C17H29N3O5S. The molecule has 0 spiro atoms. The van der Waals surface area contributed by atoms with E-state index in [1.165, 1.54) is 0 Å². The molecule has 3 heterocycles. The van der Waals surface area contributed by atoms with Crippen molar-refractivity contribution in [3.8, 4) is 0 Å². The van der Waals surface area contributed by atoms with Gasteiger partial charge in [0.2, 0.25) is 5.91 Å². The summed E-state index contributed by atoms with van der Waals surface area (Å²) in [5.74, 6) is 0.236. The molecule has 8 nitrogen and oxygen atoms in total. The third-order valence-electron chi connectivity index (χ3n) is 5.84. The highest BCUT2D eigenvalue weighted by molar-refractivity contribution is 7.91. The summed E-state index contributed by atoms with van der Waals surface area (Å²) in [6, 6.07) is -0.541. The van der Waals surface area contributed by atoms with E-state index in [0.717, 1.165) is 12.8 Å². The van der Waals surface area contributed by atoms with Crippen LogP contribution in [0, 0.1) is 0 Å². The van der Waals surface area contributed by atoms with E-state index in [9.17, 15) is 18.0 Å². The van der Waals surface area contributed by atoms with E-state index in [4.69, 9.17) is 4.74 Å². The Morgan fingerprint density at radius 1 is 1.15 bits per heavy atom. The number of nitrogens with zero attached hydrogens (tertiary/aromatic N) is 3. The number of carbonyl (C=O) groups is 2. The topological polar surface area (TPSA) is 87.2 Å². The van der Waals surface area contributed by atoms with Crippen LogP contribution in [0.25, 0.3) is 0 Å². The first-order valence-electron chi connectivity index (χ1n) is 9.40. The van der Waals surface area contributed by atoms with Crippen LogP contribution in [-0.2, 0) is 24.2 Å². The van der Waals surface area contributed by atoms with Gasteiger partial charge in [-0.15, -0.1) is 0 Å². The fraction of sp³-hybridized carbons (Fsp3) is 0.882. The highest BCUT2D eigenvalue weighted by atomic mass is 32.2. The standard InChI is InChI=1S/C17H29N3O5S/c1-13(16(21)18(2)14-5-11-26(23,24)12-14)19-6-8-20(9-7-19)17(22)15-4-3-10-25-15/h13-15H,3-12H2,1-2H3. The highest BCUT2D eigenvalue weighted by Gasteiger charge is 2.37. The van der Waals surface area contributed by atoms with E-state index >= 15 is 0 Å². The summed E-state index contributed by atoms with van der Waals surface area (Å²) in [6.07, 6.45) is 1.95. The van der Waals surface area contributed by atoms with E-state index < -0.39 is 9.84 Å². The highest BCUT2D eigenvalue weighted by Crippen LogP contribution is 2.20. The lowest BCUT2D eigenvalue weighted by Crippen LogP contribution is -2.57. The summed E-state index contributed by atoms with van der Waals surface area (Å²) in [5.41, 5.74) is 0. The number of ether oxygens (including phenoxy) is 1. The molecule has 9 heteroatoms. The van der Waals surface area contributed by atoms with Gasteiger partial charge in [0.1, 0.15) is 6.10 Å². The molecule has 3 aliphatic rings. The second-order valence-electron chi connectivity index (χ2n) is 7.54. The number of amides is 2. The van der Waals surface area contributed by atoms with Gasteiger partial charge in [-0.05, 0) is 26.2 Å². The minimum atomic E-state index is -3.01. The lowest BCUT2D eigenvalue weighted by atomic mass is 10.1. The second kappa shape index (κ2) is 7.82. The van der Waals surface area contributed by atoms with Crippen molar-refractivity contribution in [2.24, 2.45) is 0 Å². The molecule has 0 aromatic carbocycles. The van der Waals surface area contributed by atoms with Gasteiger partial charge in [0.25, 0.3) is 5.91 Å². The maximum Gasteiger partial charge on any atom is 0.251 e. The van der Waals surface area contributed by atoms with E-state index in [1.54, 1.807) is 11.9 Å². The molecule has 3 atom stereocenters. The van der Waals surface area contributed by atoms with Crippen LogP contribution in [0.3, 0.4) is 0 Å². The predicted molar refractivity (Wildman–Crippen MR) is 96.4 cm³/mol. The Morgan fingerprint density at radius 2 is 1.85 bits per heavy atom. The quantitative estimate of drug-likeness (QED) is 0.637. The summed E-state index contributed by atoms with van der Waals surface area (Å²) in [7, 11) is -1.32. The predicted octanol–water partition coefficient (Wildman–Crippen LogP) is -0.656. The first kappa shape index (κ1) is 19.6. The molecule has 0 aliphatic carbocycles. The fourth-order valence-corrected chi connectivity index (χ4v) is 5.79. The zero-order valence-corrected chi connectivity index (χ0v) is 16.4. The number of carbonyl (C=O) groups excluding carboxylic acids is 2. The van der Waals surface area contributed by atoms with Gasteiger partial charge >= 0.3 is 0 Å². The minimum absolute atomic E-state index is 0.0500. The number of hydrogen-bond acceptors (Lipinski definition) is 6. The van der Waals surface area contributed by atoms with Crippen molar-refractivity contribution in [2.75, 3.05) is 51.3 Å². The van der Waals surface area contributed by atoms with E-state index in [1.807, 2.05) is 11.8 Å². The Labute approximate surface area is 155 Å². The first-order chi connectivity index (χ1) is 12.3. The van der Waals surface area contributed by atoms with Crippen molar-refractivity contribution < 1.29 is 22.7 Å². The molecule has 0 saturated carbocycles. The van der Waals surface area contributed by atoms with Crippen molar-refractivity contribution in [1.29, 1.82) is 0 Å². The molecule has 0 aromatic rings. The Balaban J connectivity index is 1.50. The number of piperazine rings is 1. The zero-order chi connectivity index (χ0) is 18.9. The van der Waals surface area contributed by atoms with Crippen molar-refractivity contribution in [2.45, 2.75) is 44.4 Å². The van der Waals surface area contributed by atoms with Gasteiger partial charge in [0.15, 0.2) is 9.84 Å². The molecule has 3 saturated heterocycles. The molecule has 3 aliphatic heterocycles. The molecule has 3 unspecified atom stereocenters. The maximum atomic E-state index is 12.8. The maximum absolute atomic E-state index is 12.8. The average Bonchev–Trinajstić information content (AvgIpc) is 3.29. The monoisotopic (exact) mass is 387 g/mol. The van der Waals surface area contributed by atoms with Crippen LogP contribution in [0.4, 0.5) is 0 Å². The van der Waals surface area contributed by atoms with Crippen LogP contribution >= 0.6 is 0 Å². The molecule has 2 amide bonds. The number of hydrogen-bond donors (Lipinski definition) is 0. The molecule has 148 valence electrons. The summed E-state index contributed by atoms with van der Waals surface area (Å²) in [5, 5.41) is 0. The normalized spacial score (nSPS) is 30.3. The third-order valence-corrected chi connectivity index (χ3v) is 7.59. The Morgan fingerprint density at radius 3 is 2.38 bits per heavy atom. The molecule has 0 aromatic heterocycles. The zero-order valence-electron chi connectivity index (χ0n) is 15.6. The van der Waals surface area contributed by atoms with Crippen molar-refractivity contribution >= 4 is 21.7 Å². The molecule has 0 radical (unpaired) electrons. The number of rotatable bonds is 4. The smallest absolute Gasteiger partial charge is 0.251 e. The van der Waals surface area contributed by atoms with Crippen LogP contribution in [0.15, 0.2) is 0 Å². The van der Waals surface area contributed by atoms with Gasteiger partial charge in [-0.1, -0.05) is 0 Å². The van der Waals surface area contributed by atoms with Crippen LogP contribution in [0.5, 0.6) is 0 Å². The molecule has 0 bridgehead atoms. The van der Waals surface area contributed by atoms with Crippen LogP contribution < -0.4 is 0 Å². The van der Waals surface area contributed by atoms with Gasteiger partial charge in [-0.2, -0.15) is 0 Å². The Hall–Kier alpha value is -1.19. The molecule has 0 N–H and O–H groups in total. The third kappa shape index (κ3) is 4.20. The molecular weight excluding hydrogens is 358 g/mol. The average molecular weight is 388 g/mol. The van der Waals surface area contributed by atoms with Crippen LogP contribution in [0.1, 0.15) is 26.2 Å². The summed E-state index contributed by atoms with van der Waals surface area (Å²) < 4.78 is 28.8. The van der Waals surface area contributed by atoms with Crippen molar-refractivity contribution in [3.63, 3.8) is 0 Å². The molecule has 3 rings (SSSR count). The molecule has 3 fully saturated rings. The minimum Gasteiger partial charge on any atom is -0.368 e. The van der Waals surface area contributed by atoms with Gasteiger partial charge in [0.05, 0.1) is 17.5 Å². The summed E-state index contributed by atoms with van der Waals surface area (Å²) in [6.45, 7) is 4.99. The van der Waals surface area contributed by atoms with Crippen LogP contribution in [0.2, 0.25) is 0 Å². The fourth-order valence-electron chi connectivity index (χ4n) is 4.02. The largest absolute Gasteiger partial charge is 0.368 e. The van der Waals surface area contributed by atoms with Crippen molar-refractivity contribution in [1.82, 2.24) is 14.7 Å². The van der Waals surface area contributed by atoms with Gasteiger partial charge in [-0.25, -0.2) is 8.42 Å².